The van der Waals surface area contributed by atoms with E-state index in [4.69, 9.17) is 0 Å². The first-order chi connectivity index (χ1) is 9.52. The molecule has 0 amide bonds. The summed E-state index contributed by atoms with van der Waals surface area (Å²) in [5.74, 6) is 1.59. The fourth-order valence-electron chi connectivity index (χ4n) is 3.57. The third kappa shape index (κ3) is 3.78. The highest BCUT2D eigenvalue weighted by atomic mass is 14.9. The van der Waals surface area contributed by atoms with Crippen LogP contribution in [-0.2, 0) is 0 Å². The van der Waals surface area contributed by atoms with E-state index in [1.54, 1.807) is 6.33 Å². The van der Waals surface area contributed by atoms with Crippen LogP contribution in [0.25, 0.3) is 0 Å². The molecule has 0 radical (unpaired) electrons. The van der Waals surface area contributed by atoms with Crippen molar-refractivity contribution in [2.45, 2.75) is 59.4 Å². The van der Waals surface area contributed by atoms with Gasteiger partial charge in [0, 0.05) is 24.0 Å². The lowest BCUT2D eigenvalue weighted by molar-refractivity contribution is 0.133. The summed E-state index contributed by atoms with van der Waals surface area (Å²) >= 11 is 0. The number of nitrogens with zero attached hydrogens (tertiary/aromatic N) is 2. The lowest BCUT2D eigenvalue weighted by atomic mass is 9.68. The Morgan fingerprint density at radius 2 is 1.75 bits per heavy atom. The van der Waals surface area contributed by atoms with Crippen molar-refractivity contribution >= 4 is 0 Å². The summed E-state index contributed by atoms with van der Waals surface area (Å²) in [7, 11) is 0. The highest BCUT2D eigenvalue weighted by molar-refractivity contribution is 5.11. The molecule has 3 heteroatoms. The average molecular weight is 275 g/mol. The zero-order chi connectivity index (χ0) is 14.6. The van der Waals surface area contributed by atoms with E-state index in [1.165, 1.54) is 31.2 Å². The lowest BCUT2D eigenvalue weighted by Gasteiger charge is -2.39. The highest BCUT2D eigenvalue weighted by Gasteiger charge is 2.33. The van der Waals surface area contributed by atoms with Gasteiger partial charge in [0.25, 0.3) is 0 Å². The van der Waals surface area contributed by atoms with E-state index in [1.807, 2.05) is 12.4 Å². The molecule has 0 bridgehead atoms. The summed E-state index contributed by atoms with van der Waals surface area (Å²) in [6.45, 7) is 10.3. The van der Waals surface area contributed by atoms with Crippen LogP contribution in [0.1, 0.15) is 65.0 Å². The summed E-state index contributed by atoms with van der Waals surface area (Å²) in [5.41, 5.74) is 1.70. The Balaban J connectivity index is 2.02. The van der Waals surface area contributed by atoms with Crippen LogP contribution in [0.2, 0.25) is 0 Å². The van der Waals surface area contributed by atoms with E-state index < -0.39 is 0 Å². The molecule has 1 aliphatic rings. The van der Waals surface area contributed by atoms with E-state index in [-0.39, 0.29) is 0 Å². The zero-order valence-electron chi connectivity index (χ0n) is 13.4. The molecule has 0 aliphatic heterocycles. The molecule has 1 aromatic heterocycles. The standard InChI is InChI=1S/C17H29N3/c1-5-20-16(14-10-18-12-19-11-14)13-6-8-15(9-7-13)17(2,3)4/h10-13,15-16,20H,5-9H2,1-4H3. The molecule has 1 N–H and O–H groups in total. The van der Waals surface area contributed by atoms with Crippen molar-refractivity contribution in [3.63, 3.8) is 0 Å². The fourth-order valence-corrected chi connectivity index (χ4v) is 3.57. The van der Waals surface area contributed by atoms with Gasteiger partial charge in [-0.25, -0.2) is 9.97 Å². The first-order valence-corrected chi connectivity index (χ1v) is 8.00. The van der Waals surface area contributed by atoms with E-state index >= 15 is 0 Å². The molecule has 1 fully saturated rings. The smallest absolute Gasteiger partial charge is 0.115 e. The molecule has 1 saturated carbocycles. The second-order valence-corrected chi connectivity index (χ2v) is 7.18. The summed E-state index contributed by atoms with van der Waals surface area (Å²) in [4.78, 5) is 8.37. The first kappa shape index (κ1) is 15.4. The minimum absolute atomic E-state index is 0.419. The average Bonchev–Trinajstić information content (AvgIpc) is 2.45. The summed E-state index contributed by atoms with van der Waals surface area (Å²) in [6.07, 6.45) is 10.9. The Labute approximate surface area is 123 Å². The summed E-state index contributed by atoms with van der Waals surface area (Å²) < 4.78 is 0. The van der Waals surface area contributed by atoms with Crippen LogP contribution < -0.4 is 5.32 Å². The topological polar surface area (TPSA) is 37.8 Å². The predicted octanol–water partition coefficient (Wildman–Crippen LogP) is 3.98. The van der Waals surface area contributed by atoms with Crippen molar-refractivity contribution in [3.8, 4) is 0 Å². The molecule has 0 saturated heterocycles. The number of hydrogen-bond acceptors (Lipinski definition) is 3. The van der Waals surface area contributed by atoms with Gasteiger partial charge in [0.15, 0.2) is 0 Å². The van der Waals surface area contributed by atoms with E-state index in [9.17, 15) is 0 Å². The van der Waals surface area contributed by atoms with Crippen LogP contribution >= 0.6 is 0 Å². The largest absolute Gasteiger partial charge is 0.310 e. The number of nitrogens with one attached hydrogen (secondary N) is 1. The van der Waals surface area contributed by atoms with Crippen molar-refractivity contribution in [1.29, 1.82) is 0 Å². The van der Waals surface area contributed by atoms with Crippen LogP contribution in [0, 0.1) is 17.3 Å². The maximum absolute atomic E-state index is 4.19. The molecule has 3 nitrogen and oxygen atoms in total. The zero-order valence-corrected chi connectivity index (χ0v) is 13.4. The fraction of sp³-hybridized carbons (Fsp3) is 0.765. The Hall–Kier alpha value is -0.960. The molecule has 1 aromatic rings. The SMILES string of the molecule is CCNC(c1cncnc1)C1CCC(C(C)(C)C)CC1. The van der Waals surface area contributed by atoms with Crippen molar-refractivity contribution in [3.05, 3.63) is 24.3 Å². The van der Waals surface area contributed by atoms with E-state index in [0.717, 1.165) is 18.4 Å². The highest BCUT2D eigenvalue weighted by Crippen LogP contribution is 2.43. The summed E-state index contributed by atoms with van der Waals surface area (Å²) in [5, 5.41) is 3.64. The maximum Gasteiger partial charge on any atom is 0.115 e. The van der Waals surface area contributed by atoms with Crippen molar-refractivity contribution in [1.82, 2.24) is 15.3 Å². The molecular weight excluding hydrogens is 246 g/mol. The normalized spacial score (nSPS) is 25.4. The van der Waals surface area contributed by atoms with Crippen LogP contribution in [0.5, 0.6) is 0 Å². The molecular formula is C17H29N3. The molecule has 1 aliphatic carbocycles. The molecule has 1 unspecified atom stereocenters. The van der Waals surface area contributed by atoms with Crippen molar-refractivity contribution in [2.24, 2.45) is 17.3 Å². The predicted molar refractivity (Wildman–Crippen MR) is 83.4 cm³/mol. The minimum atomic E-state index is 0.419. The van der Waals surface area contributed by atoms with Gasteiger partial charge in [-0.15, -0.1) is 0 Å². The van der Waals surface area contributed by atoms with Gasteiger partial charge in [0.2, 0.25) is 0 Å². The Morgan fingerprint density at radius 3 is 2.25 bits per heavy atom. The van der Waals surface area contributed by atoms with Gasteiger partial charge in [0.05, 0.1) is 0 Å². The van der Waals surface area contributed by atoms with Crippen LogP contribution in [-0.4, -0.2) is 16.5 Å². The molecule has 0 spiro atoms. The monoisotopic (exact) mass is 275 g/mol. The molecule has 0 aromatic carbocycles. The Morgan fingerprint density at radius 1 is 1.15 bits per heavy atom. The van der Waals surface area contributed by atoms with E-state index in [0.29, 0.717) is 11.5 Å². The third-order valence-electron chi connectivity index (χ3n) is 4.83. The second-order valence-electron chi connectivity index (χ2n) is 7.18. The van der Waals surface area contributed by atoms with Gasteiger partial charge in [-0.05, 0) is 49.5 Å². The second kappa shape index (κ2) is 6.66. The van der Waals surface area contributed by atoms with Gasteiger partial charge in [-0.3, -0.25) is 0 Å². The lowest BCUT2D eigenvalue weighted by Crippen LogP contribution is -2.33. The Bertz CT molecular complexity index is 388. The third-order valence-corrected chi connectivity index (χ3v) is 4.83. The Kier molecular flexibility index (Phi) is 5.14. The van der Waals surface area contributed by atoms with Gasteiger partial charge in [0.1, 0.15) is 6.33 Å². The molecule has 1 heterocycles. The quantitative estimate of drug-likeness (QED) is 0.903. The summed E-state index contributed by atoms with van der Waals surface area (Å²) in [6, 6.07) is 0.419. The molecule has 112 valence electrons. The van der Waals surface area contributed by atoms with Gasteiger partial charge >= 0.3 is 0 Å². The number of rotatable bonds is 4. The number of aromatic nitrogens is 2. The van der Waals surface area contributed by atoms with Gasteiger partial charge in [-0.1, -0.05) is 27.7 Å². The minimum Gasteiger partial charge on any atom is -0.310 e. The molecule has 2 rings (SSSR count). The van der Waals surface area contributed by atoms with Gasteiger partial charge in [-0.2, -0.15) is 0 Å². The van der Waals surface area contributed by atoms with E-state index in [2.05, 4.69) is 43.0 Å². The maximum atomic E-state index is 4.19. The number of hydrogen-bond donors (Lipinski definition) is 1. The first-order valence-electron chi connectivity index (χ1n) is 8.00. The van der Waals surface area contributed by atoms with Crippen LogP contribution in [0.4, 0.5) is 0 Å². The van der Waals surface area contributed by atoms with Crippen LogP contribution in [0.3, 0.4) is 0 Å². The molecule has 1 atom stereocenters. The van der Waals surface area contributed by atoms with Crippen molar-refractivity contribution < 1.29 is 0 Å². The molecule has 20 heavy (non-hydrogen) atoms. The van der Waals surface area contributed by atoms with Crippen LogP contribution in [0.15, 0.2) is 18.7 Å². The van der Waals surface area contributed by atoms with Gasteiger partial charge < -0.3 is 5.32 Å². The van der Waals surface area contributed by atoms with Crippen molar-refractivity contribution in [2.75, 3.05) is 6.54 Å².